The molecule has 0 spiro atoms. The van der Waals surface area contributed by atoms with Gasteiger partial charge >= 0.3 is 0 Å². The van der Waals surface area contributed by atoms with Gasteiger partial charge in [0.1, 0.15) is 0 Å². The average molecular weight is 509 g/mol. The van der Waals surface area contributed by atoms with E-state index in [4.69, 9.17) is 9.97 Å². The molecule has 0 aliphatic heterocycles. The van der Waals surface area contributed by atoms with Crippen molar-refractivity contribution in [1.82, 2.24) is 9.97 Å². The van der Waals surface area contributed by atoms with Crippen LogP contribution in [0.3, 0.4) is 0 Å². The van der Waals surface area contributed by atoms with Crippen molar-refractivity contribution in [2.75, 3.05) is 0 Å². The third kappa shape index (κ3) is 4.02. The molecule has 0 N–H and O–H groups in total. The molecule has 1 aromatic heterocycles. The molecule has 5 aromatic carbocycles. The Bertz CT molecular complexity index is 1750. The van der Waals surface area contributed by atoms with E-state index in [1.165, 1.54) is 6.07 Å². The molecule has 0 fully saturated rings. The Labute approximate surface area is 225 Å². The molecule has 0 radical (unpaired) electrons. The Hall–Kier alpha value is -4.96. The molecule has 0 unspecified atom stereocenters. The second kappa shape index (κ2) is 9.10. The SMILES string of the molecule is FC1(F)c2ccccc2-c2ccc(-c3ccc(-c4cc(-c5ccccc5)nc(-c5ccccc5)n4)cc3)cc21. The lowest BCUT2D eigenvalue weighted by molar-refractivity contribution is 0.0480. The molecule has 1 heterocycles. The minimum atomic E-state index is -3.01. The maximum Gasteiger partial charge on any atom is 0.299 e. The maximum absolute atomic E-state index is 15.3. The molecule has 39 heavy (non-hydrogen) atoms. The van der Waals surface area contributed by atoms with Crippen molar-refractivity contribution in [1.29, 1.82) is 0 Å². The molecular formula is C35H22F2N2. The van der Waals surface area contributed by atoms with Crippen LogP contribution >= 0.6 is 0 Å². The zero-order valence-corrected chi connectivity index (χ0v) is 20.9. The first-order valence-corrected chi connectivity index (χ1v) is 12.8. The molecular weight excluding hydrogens is 486 g/mol. The fraction of sp³-hybridized carbons (Fsp3) is 0.0286. The van der Waals surface area contributed by atoms with Gasteiger partial charge in [-0.15, -0.1) is 0 Å². The summed E-state index contributed by atoms with van der Waals surface area (Å²) in [7, 11) is 0. The predicted molar refractivity (Wildman–Crippen MR) is 152 cm³/mol. The summed E-state index contributed by atoms with van der Waals surface area (Å²) in [5, 5.41) is 0. The summed E-state index contributed by atoms with van der Waals surface area (Å²) in [5.74, 6) is -2.36. The van der Waals surface area contributed by atoms with E-state index in [1.807, 2.05) is 97.1 Å². The van der Waals surface area contributed by atoms with E-state index in [-0.39, 0.29) is 11.1 Å². The predicted octanol–water partition coefficient (Wildman–Crippen LogP) is 9.27. The smallest absolute Gasteiger partial charge is 0.228 e. The van der Waals surface area contributed by atoms with Gasteiger partial charge in [0, 0.05) is 27.8 Å². The van der Waals surface area contributed by atoms with Gasteiger partial charge < -0.3 is 0 Å². The van der Waals surface area contributed by atoms with Crippen molar-refractivity contribution < 1.29 is 8.78 Å². The summed E-state index contributed by atoms with van der Waals surface area (Å²) in [5.41, 5.74) is 7.46. The van der Waals surface area contributed by atoms with Gasteiger partial charge in [-0.1, -0.05) is 121 Å². The van der Waals surface area contributed by atoms with Crippen molar-refractivity contribution in [3.8, 4) is 56.2 Å². The Kier molecular flexibility index (Phi) is 5.41. The molecule has 0 bridgehead atoms. The summed E-state index contributed by atoms with van der Waals surface area (Å²) in [6, 6.07) is 41.9. The number of hydrogen-bond acceptors (Lipinski definition) is 2. The van der Waals surface area contributed by atoms with Gasteiger partial charge in [0.15, 0.2) is 5.82 Å². The zero-order valence-electron chi connectivity index (χ0n) is 20.9. The van der Waals surface area contributed by atoms with Crippen molar-refractivity contribution >= 4 is 0 Å². The van der Waals surface area contributed by atoms with Crippen LogP contribution in [0.25, 0.3) is 56.2 Å². The van der Waals surface area contributed by atoms with Crippen LogP contribution in [0, 0.1) is 0 Å². The fourth-order valence-electron chi connectivity index (χ4n) is 5.26. The number of alkyl halides is 2. The number of hydrogen-bond donors (Lipinski definition) is 0. The molecule has 1 aliphatic carbocycles. The normalized spacial score (nSPS) is 13.1. The molecule has 0 amide bonds. The number of rotatable bonds is 4. The van der Waals surface area contributed by atoms with Gasteiger partial charge in [-0.3, -0.25) is 0 Å². The standard InChI is InChI=1S/C35H22F2N2/c36-35(37)30-14-8-7-13-28(30)29-20-19-27(21-31(29)35)23-15-17-25(18-16-23)33-22-32(24-9-3-1-4-10-24)38-34(39-33)26-11-5-2-6-12-26/h1-22H. The Morgan fingerprint density at radius 2 is 0.923 bits per heavy atom. The zero-order chi connectivity index (χ0) is 26.4. The van der Waals surface area contributed by atoms with Crippen LogP contribution in [-0.2, 0) is 5.92 Å². The van der Waals surface area contributed by atoms with Crippen LogP contribution in [0.4, 0.5) is 8.78 Å². The Morgan fingerprint density at radius 1 is 0.410 bits per heavy atom. The summed E-state index contributed by atoms with van der Waals surface area (Å²) >= 11 is 0. The molecule has 0 saturated carbocycles. The molecule has 6 aromatic rings. The largest absolute Gasteiger partial charge is 0.299 e. The summed E-state index contributed by atoms with van der Waals surface area (Å²) in [4.78, 5) is 9.73. The molecule has 7 rings (SSSR count). The van der Waals surface area contributed by atoms with Crippen LogP contribution in [0.5, 0.6) is 0 Å². The summed E-state index contributed by atoms with van der Waals surface area (Å²) < 4.78 is 30.5. The van der Waals surface area contributed by atoms with Crippen LogP contribution in [0.2, 0.25) is 0 Å². The maximum atomic E-state index is 15.3. The lowest BCUT2D eigenvalue weighted by atomic mass is 9.97. The van der Waals surface area contributed by atoms with E-state index < -0.39 is 5.92 Å². The minimum Gasteiger partial charge on any atom is -0.228 e. The van der Waals surface area contributed by atoms with Gasteiger partial charge in [0.05, 0.1) is 11.4 Å². The van der Waals surface area contributed by atoms with Gasteiger partial charge in [-0.25, -0.2) is 9.97 Å². The van der Waals surface area contributed by atoms with E-state index in [0.29, 0.717) is 17.0 Å². The highest BCUT2D eigenvalue weighted by Crippen LogP contribution is 2.51. The Morgan fingerprint density at radius 3 is 1.62 bits per heavy atom. The highest BCUT2D eigenvalue weighted by Gasteiger charge is 2.44. The minimum absolute atomic E-state index is 0.0566. The second-order valence-corrected chi connectivity index (χ2v) is 9.65. The number of nitrogens with zero attached hydrogens (tertiary/aromatic N) is 2. The third-order valence-corrected chi connectivity index (χ3v) is 7.26. The first-order chi connectivity index (χ1) is 19.1. The number of fused-ring (bicyclic) bond motifs is 3. The average Bonchev–Trinajstić information content (AvgIpc) is 3.24. The van der Waals surface area contributed by atoms with E-state index >= 15 is 8.78 Å². The van der Waals surface area contributed by atoms with Crippen molar-refractivity contribution in [2.24, 2.45) is 0 Å². The van der Waals surface area contributed by atoms with Gasteiger partial charge in [0.2, 0.25) is 0 Å². The van der Waals surface area contributed by atoms with Crippen molar-refractivity contribution in [3.05, 3.63) is 145 Å². The lowest BCUT2D eigenvalue weighted by Gasteiger charge is -2.13. The van der Waals surface area contributed by atoms with Crippen molar-refractivity contribution in [3.63, 3.8) is 0 Å². The van der Waals surface area contributed by atoms with Gasteiger partial charge in [-0.2, -0.15) is 8.78 Å². The number of aromatic nitrogens is 2. The number of benzene rings is 5. The quantitative estimate of drug-likeness (QED) is 0.237. The molecule has 1 aliphatic rings. The van der Waals surface area contributed by atoms with E-state index in [9.17, 15) is 0 Å². The molecule has 0 saturated heterocycles. The van der Waals surface area contributed by atoms with Gasteiger partial charge in [-0.05, 0) is 34.4 Å². The molecule has 186 valence electrons. The Balaban J connectivity index is 1.28. The van der Waals surface area contributed by atoms with Crippen molar-refractivity contribution in [2.45, 2.75) is 5.92 Å². The third-order valence-electron chi connectivity index (χ3n) is 7.26. The highest BCUT2D eigenvalue weighted by molar-refractivity contribution is 5.83. The monoisotopic (exact) mass is 508 g/mol. The topological polar surface area (TPSA) is 25.8 Å². The van der Waals surface area contributed by atoms with Crippen LogP contribution in [0.1, 0.15) is 11.1 Å². The van der Waals surface area contributed by atoms with Crippen LogP contribution in [0.15, 0.2) is 133 Å². The van der Waals surface area contributed by atoms with Crippen LogP contribution < -0.4 is 0 Å². The fourth-order valence-corrected chi connectivity index (χ4v) is 5.26. The van der Waals surface area contributed by atoms with E-state index in [0.717, 1.165) is 39.2 Å². The van der Waals surface area contributed by atoms with E-state index in [2.05, 4.69) is 0 Å². The highest BCUT2D eigenvalue weighted by atomic mass is 19.3. The van der Waals surface area contributed by atoms with E-state index in [1.54, 1.807) is 30.3 Å². The molecule has 4 heteroatoms. The second-order valence-electron chi connectivity index (χ2n) is 9.65. The number of halogens is 2. The first-order valence-electron chi connectivity index (χ1n) is 12.8. The summed E-state index contributed by atoms with van der Waals surface area (Å²) in [6.07, 6.45) is 0. The summed E-state index contributed by atoms with van der Waals surface area (Å²) in [6.45, 7) is 0. The van der Waals surface area contributed by atoms with Gasteiger partial charge in [0.25, 0.3) is 5.92 Å². The molecule has 0 atom stereocenters. The lowest BCUT2D eigenvalue weighted by Crippen LogP contribution is -2.10. The molecule has 2 nitrogen and oxygen atoms in total. The first kappa shape index (κ1) is 23.2. The van der Waals surface area contributed by atoms with Crippen LogP contribution in [-0.4, -0.2) is 9.97 Å².